The summed E-state index contributed by atoms with van der Waals surface area (Å²) in [6.45, 7) is 0. The van der Waals surface area contributed by atoms with Gasteiger partial charge in [-0.15, -0.1) is 93.7 Å². The molecule has 0 unspecified atom stereocenters. The molecule has 4 aromatic heterocycles. The molecule has 0 aliphatic heterocycles. The lowest BCUT2D eigenvalue weighted by Crippen LogP contribution is -2.28. The van der Waals surface area contributed by atoms with Crippen molar-refractivity contribution < 1.29 is 39.3 Å². The van der Waals surface area contributed by atoms with E-state index in [1.54, 1.807) is 31.5 Å². The molecule has 0 N–H and O–H groups in total. The standard InChI is InChI=1S/C12H6F3NO4S.C12H9NO2.2CH2Cl2.BBr3/c13-12(14,15)21(17,18)20-9-4-1-3-7-10-8(19-11(7)9)5-2-6-16-10;1-14-10-5-2-4-8-11-9(15-12(8)10)6-3-7-13-11;2*2-1-3;2-1(3)4/h1-6H;2-7H,1H3;2*1H2;. The number of ether oxygens (including phenoxy) is 1. The third kappa shape index (κ3) is 11.2. The third-order valence-corrected chi connectivity index (χ3v) is 6.10. The first-order chi connectivity index (χ1) is 21.8. The molecule has 6 rings (SSSR count). The van der Waals surface area contributed by atoms with E-state index < -0.39 is 21.4 Å². The lowest BCUT2D eigenvalue weighted by Gasteiger charge is -2.09. The highest BCUT2D eigenvalue weighted by Crippen LogP contribution is 2.36. The predicted molar refractivity (Wildman–Crippen MR) is 191 cm³/mol. The number of furan rings is 2. The Labute approximate surface area is 305 Å². The number of hydrogen-bond acceptors (Lipinski definition) is 8. The first kappa shape index (κ1) is 40.5. The summed E-state index contributed by atoms with van der Waals surface area (Å²) in [5, 5.41) is 1.74. The predicted octanol–water partition coefficient (Wildman–Crippen LogP) is 11.2. The fraction of sp³-hybridized carbons (Fsp3) is 0.154. The van der Waals surface area contributed by atoms with Gasteiger partial charge in [0.25, 0.3) is 0 Å². The van der Waals surface area contributed by atoms with E-state index in [1.165, 1.54) is 12.3 Å². The van der Waals surface area contributed by atoms with E-state index in [0.29, 0.717) is 16.5 Å². The van der Waals surface area contributed by atoms with E-state index in [1.807, 2.05) is 30.3 Å². The molecular weight excluding hydrogens is 918 g/mol. The van der Waals surface area contributed by atoms with Gasteiger partial charge in [0, 0.05) is 12.4 Å². The van der Waals surface area contributed by atoms with E-state index in [9.17, 15) is 21.6 Å². The van der Waals surface area contributed by atoms with Crippen LogP contribution in [-0.2, 0) is 10.1 Å². The number of rotatable bonds is 3. The highest BCUT2D eigenvalue weighted by molar-refractivity contribution is 9.69. The summed E-state index contributed by atoms with van der Waals surface area (Å²) in [5.41, 5.74) is -2.48. The Bertz CT molecular complexity index is 1950. The van der Waals surface area contributed by atoms with Crippen molar-refractivity contribution in [3.63, 3.8) is 0 Å². The van der Waals surface area contributed by atoms with E-state index in [4.69, 9.17) is 60.0 Å². The Balaban J connectivity index is 0.000000256. The number of hydrogen-bond donors (Lipinski definition) is 0. The van der Waals surface area contributed by atoms with E-state index in [2.05, 4.69) is 61.4 Å². The molecule has 248 valence electrons. The Morgan fingerprint density at radius 3 is 1.54 bits per heavy atom. The largest absolute Gasteiger partial charge is 0.534 e. The highest BCUT2D eigenvalue weighted by atomic mass is 79.9. The van der Waals surface area contributed by atoms with Crippen LogP contribution in [-0.4, -0.2) is 44.9 Å². The average molecular weight is 937 g/mol. The number of methoxy groups -OCH3 is 1. The minimum atomic E-state index is -5.76. The van der Waals surface area contributed by atoms with Crippen molar-refractivity contribution in [3.8, 4) is 11.5 Å². The number of pyridine rings is 2. The van der Waals surface area contributed by atoms with Gasteiger partial charge in [-0.3, -0.25) is 9.97 Å². The van der Waals surface area contributed by atoms with Crippen LogP contribution in [0, 0.1) is 0 Å². The van der Waals surface area contributed by atoms with Crippen LogP contribution in [0.4, 0.5) is 13.2 Å². The number of fused-ring (bicyclic) bond motifs is 6. The van der Waals surface area contributed by atoms with Crippen molar-refractivity contribution in [1.29, 1.82) is 0 Å². The van der Waals surface area contributed by atoms with Crippen molar-refractivity contribution in [3.05, 3.63) is 73.1 Å². The maximum Gasteiger partial charge on any atom is 0.534 e. The monoisotopic (exact) mass is 932 g/mol. The summed E-state index contributed by atoms with van der Waals surface area (Å²) in [6, 6.07) is 16.7. The second-order valence-corrected chi connectivity index (χ2v) is 17.4. The average Bonchev–Trinajstić information content (AvgIpc) is 3.57. The second-order valence-electron chi connectivity index (χ2n) is 7.81. The van der Waals surface area contributed by atoms with Crippen molar-refractivity contribution in [1.82, 2.24) is 9.97 Å². The summed E-state index contributed by atoms with van der Waals surface area (Å²) in [4.78, 5) is 8.33. The molecule has 6 aromatic rings. The van der Waals surface area contributed by atoms with Crippen LogP contribution >= 0.6 is 93.7 Å². The molecule has 0 spiro atoms. The van der Waals surface area contributed by atoms with Gasteiger partial charge < -0.3 is 17.8 Å². The molecular formula is C26H19BBr3Cl4F3N2O6S. The Kier molecular flexibility index (Phi) is 17.1. The molecule has 8 nitrogen and oxygen atoms in total. The van der Waals surface area contributed by atoms with Gasteiger partial charge in [0.2, 0.25) is 0 Å². The number of nitrogens with zero attached hydrogens (tertiary/aromatic N) is 2. The van der Waals surface area contributed by atoms with E-state index >= 15 is 0 Å². The molecule has 4 heterocycles. The van der Waals surface area contributed by atoms with Crippen LogP contribution in [0.1, 0.15) is 0 Å². The topological polar surface area (TPSA) is 105 Å². The van der Waals surface area contributed by atoms with Gasteiger partial charge in [-0.25, -0.2) is 0 Å². The molecule has 0 saturated heterocycles. The molecule has 46 heavy (non-hydrogen) atoms. The van der Waals surface area contributed by atoms with Gasteiger partial charge in [0.1, 0.15) is 11.0 Å². The minimum absolute atomic E-state index is 0.112. The first-order valence-electron chi connectivity index (χ1n) is 12.0. The molecule has 0 amide bonds. The fourth-order valence-electron chi connectivity index (χ4n) is 3.58. The molecule has 0 aliphatic carbocycles. The number of halogens is 10. The van der Waals surface area contributed by atoms with Crippen molar-refractivity contribution >= 4 is 151 Å². The Morgan fingerprint density at radius 1 is 0.761 bits per heavy atom. The number of alkyl halides is 7. The molecule has 0 bridgehead atoms. The molecule has 2 aromatic carbocycles. The lowest BCUT2D eigenvalue weighted by atomic mass is 10.2. The van der Waals surface area contributed by atoms with Gasteiger partial charge in [0.15, 0.2) is 33.8 Å². The zero-order valence-electron chi connectivity index (χ0n) is 23.0. The SMILES string of the molecule is BrB(Br)Br.COc1cccc2c1oc1cccnc12.ClCCl.ClCCl.O=S(=O)(Oc1cccc2c1oc1cccnc12)C(F)(F)F. The van der Waals surface area contributed by atoms with Gasteiger partial charge >= 0.3 is 18.8 Å². The third-order valence-electron chi connectivity index (χ3n) is 5.14. The van der Waals surface area contributed by atoms with Crippen molar-refractivity contribution in [2.45, 2.75) is 5.51 Å². The van der Waals surface area contributed by atoms with Crippen LogP contribution in [0.25, 0.3) is 44.1 Å². The Hall–Kier alpha value is -1.66. The molecule has 0 radical (unpaired) electrons. The zero-order chi connectivity index (χ0) is 34.5. The summed E-state index contributed by atoms with van der Waals surface area (Å²) >= 11 is 28.4. The maximum atomic E-state index is 12.4. The van der Waals surface area contributed by atoms with Crippen LogP contribution < -0.4 is 8.92 Å². The summed E-state index contributed by atoms with van der Waals surface area (Å²) in [6.07, 6.45) is 3.24. The molecule has 0 atom stereocenters. The molecule has 20 heteroatoms. The van der Waals surface area contributed by atoms with Crippen LogP contribution in [0.3, 0.4) is 0 Å². The normalized spacial score (nSPS) is 10.8. The smallest absolute Gasteiger partial charge is 0.493 e. The van der Waals surface area contributed by atoms with Gasteiger partial charge in [0.05, 0.1) is 28.6 Å². The van der Waals surface area contributed by atoms with Gasteiger partial charge in [-0.2, -0.15) is 21.6 Å². The minimum Gasteiger partial charge on any atom is -0.493 e. The molecule has 0 fully saturated rings. The van der Waals surface area contributed by atoms with Crippen LogP contribution in [0.5, 0.6) is 11.5 Å². The fourth-order valence-corrected chi connectivity index (χ4v) is 4.04. The van der Waals surface area contributed by atoms with E-state index in [-0.39, 0.29) is 19.4 Å². The molecule has 0 aliphatic rings. The maximum absolute atomic E-state index is 12.4. The lowest BCUT2D eigenvalue weighted by molar-refractivity contribution is -0.0499. The first-order valence-corrected chi connectivity index (χ1v) is 18.3. The second kappa shape index (κ2) is 19.4. The van der Waals surface area contributed by atoms with Crippen LogP contribution in [0.2, 0.25) is 0 Å². The van der Waals surface area contributed by atoms with Crippen LogP contribution in [0.15, 0.2) is 81.9 Å². The summed E-state index contributed by atoms with van der Waals surface area (Å²) in [7, 11) is -4.13. The van der Waals surface area contributed by atoms with Gasteiger partial charge in [-0.1, -0.05) is 12.1 Å². The number of benzene rings is 2. The number of aromatic nitrogens is 2. The quantitative estimate of drug-likeness (QED) is 0.0748. The van der Waals surface area contributed by atoms with E-state index in [0.717, 1.165) is 33.9 Å². The summed E-state index contributed by atoms with van der Waals surface area (Å²) in [5.74, 6) is 0.202. The zero-order valence-corrected chi connectivity index (χ0v) is 31.5. The number of para-hydroxylation sites is 2. The molecule has 0 saturated carbocycles. The summed E-state index contributed by atoms with van der Waals surface area (Å²) < 4.78 is 79.9. The van der Waals surface area contributed by atoms with Crippen molar-refractivity contribution in [2.24, 2.45) is 0 Å². The Morgan fingerprint density at radius 2 is 1.15 bits per heavy atom. The van der Waals surface area contributed by atoms with Gasteiger partial charge in [-0.05, 0) is 48.5 Å². The van der Waals surface area contributed by atoms with Crippen molar-refractivity contribution in [2.75, 3.05) is 17.8 Å². The highest BCUT2D eigenvalue weighted by Gasteiger charge is 2.49.